The summed E-state index contributed by atoms with van der Waals surface area (Å²) in [5.41, 5.74) is 0. The van der Waals surface area contributed by atoms with Crippen molar-refractivity contribution in [2.45, 2.75) is 12.8 Å². The maximum absolute atomic E-state index is 12.9. The summed E-state index contributed by atoms with van der Waals surface area (Å²) in [6.07, 6.45) is 2.27. The molecule has 0 radical (unpaired) electrons. The van der Waals surface area contributed by atoms with Gasteiger partial charge in [-0.15, -0.1) is 0 Å². The highest BCUT2D eigenvalue weighted by molar-refractivity contribution is 5.23. The van der Waals surface area contributed by atoms with Crippen LogP contribution in [0.2, 0.25) is 0 Å². The molecule has 2 nitrogen and oxygen atoms in total. The van der Waals surface area contributed by atoms with Gasteiger partial charge in [-0.25, -0.2) is 8.78 Å². The fourth-order valence-electron chi connectivity index (χ4n) is 1.85. The number of halogens is 2. The maximum Gasteiger partial charge on any atom is 0.162 e. The second-order valence-electron chi connectivity index (χ2n) is 4.10. The van der Waals surface area contributed by atoms with E-state index in [-0.39, 0.29) is 0 Å². The molecule has 1 saturated heterocycles. The van der Waals surface area contributed by atoms with Crippen LogP contribution in [-0.2, 0) is 0 Å². The fraction of sp³-hybridized carbons (Fsp3) is 0.500. The number of piperidine rings is 1. The third-order valence-electron chi connectivity index (χ3n) is 2.78. The topological polar surface area (TPSA) is 21.3 Å². The average Bonchev–Trinajstić information content (AvgIpc) is 2.32. The fourth-order valence-corrected chi connectivity index (χ4v) is 1.85. The molecule has 2 rings (SSSR count). The van der Waals surface area contributed by atoms with Crippen molar-refractivity contribution in [3.63, 3.8) is 0 Å². The third-order valence-corrected chi connectivity index (χ3v) is 2.78. The molecule has 0 bridgehead atoms. The van der Waals surface area contributed by atoms with Crippen LogP contribution in [0.25, 0.3) is 0 Å². The molecule has 1 heterocycles. The molecule has 0 spiro atoms. The Kier molecular flexibility index (Phi) is 3.72. The molecule has 0 amide bonds. The van der Waals surface area contributed by atoms with Crippen molar-refractivity contribution in [2.75, 3.05) is 19.7 Å². The lowest BCUT2D eigenvalue weighted by atomic mass is 10.0. The minimum absolute atomic E-state index is 0.393. The highest BCUT2D eigenvalue weighted by atomic mass is 19.2. The van der Waals surface area contributed by atoms with Gasteiger partial charge in [-0.3, -0.25) is 0 Å². The maximum atomic E-state index is 12.9. The van der Waals surface area contributed by atoms with Crippen LogP contribution in [0.5, 0.6) is 5.75 Å². The van der Waals surface area contributed by atoms with Gasteiger partial charge in [0.15, 0.2) is 11.6 Å². The minimum Gasteiger partial charge on any atom is -0.493 e. The highest BCUT2D eigenvalue weighted by Gasteiger charge is 2.13. The van der Waals surface area contributed by atoms with Crippen molar-refractivity contribution in [3.05, 3.63) is 29.8 Å². The molecule has 0 saturated carbocycles. The second-order valence-corrected chi connectivity index (χ2v) is 4.10. The zero-order valence-corrected chi connectivity index (χ0v) is 9.01. The number of hydrogen-bond donors (Lipinski definition) is 1. The number of ether oxygens (including phenoxy) is 1. The van der Waals surface area contributed by atoms with Crippen LogP contribution in [-0.4, -0.2) is 19.7 Å². The van der Waals surface area contributed by atoms with Gasteiger partial charge in [0.2, 0.25) is 0 Å². The Morgan fingerprint density at radius 1 is 1.31 bits per heavy atom. The van der Waals surface area contributed by atoms with E-state index in [0.717, 1.165) is 38.1 Å². The summed E-state index contributed by atoms with van der Waals surface area (Å²) in [4.78, 5) is 0. The second kappa shape index (κ2) is 5.25. The molecule has 1 aliphatic heterocycles. The molecular weight excluding hydrogens is 212 g/mol. The van der Waals surface area contributed by atoms with Gasteiger partial charge in [0.1, 0.15) is 5.75 Å². The van der Waals surface area contributed by atoms with Crippen LogP contribution < -0.4 is 10.1 Å². The molecule has 0 aromatic heterocycles. The first-order chi connectivity index (χ1) is 7.75. The first-order valence-corrected chi connectivity index (χ1v) is 5.54. The van der Waals surface area contributed by atoms with E-state index in [1.807, 2.05) is 0 Å². The van der Waals surface area contributed by atoms with E-state index >= 15 is 0 Å². The monoisotopic (exact) mass is 227 g/mol. The van der Waals surface area contributed by atoms with Gasteiger partial charge in [-0.05, 0) is 31.5 Å². The van der Waals surface area contributed by atoms with E-state index < -0.39 is 11.6 Å². The number of hydrogen-bond acceptors (Lipinski definition) is 2. The Morgan fingerprint density at radius 3 is 2.88 bits per heavy atom. The zero-order valence-electron chi connectivity index (χ0n) is 9.01. The smallest absolute Gasteiger partial charge is 0.162 e. The molecule has 1 atom stereocenters. The van der Waals surface area contributed by atoms with Crippen molar-refractivity contribution in [1.29, 1.82) is 0 Å². The Labute approximate surface area is 93.6 Å². The molecule has 1 aromatic carbocycles. The lowest BCUT2D eigenvalue weighted by molar-refractivity contribution is 0.217. The molecule has 1 N–H and O–H groups in total. The van der Waals surface area contributed by atoms with Crippen LogP contribution in [0.1, 0.15) is 12.8 Å². The first-order valence-electron chi connectivity index (χ1n) is 5.54. The Morgan fingerprint density at radius 2 is 2.19 bits per heavy atom. The van der Waals surface area contributed by atoms with E-state index in [1.165, 1.54) is 6.07 Å². The van der Waals surface area contributed by atoms with Gasteiger partial charge < -0.3 is 10.1 Å². The van der Waals surface area contributed by atoms with E-state index in [2.05, 4.69) is 5.32 Å². The number of benzene rings is 1. The van der Waals surface area contributed by atoms with E-state index in [9.17, 15) is 8.78 Å². The average molecular weight is 227 g/mol. The standard InChI is InChI=1S/C12H15F2NO/c13-11-4-3-10(6-12(11)14)16-8-9-2-1-5-15-7-9/h3-4,6,9,15H,1-2,5,7-8H2. The first kappa shape index (κ1) is 11.3. The molecule has 1 aromatic rings. The SMILES string of the molecule is Fc1ccc(OCC2CCCNC2)cc1F. The lowest BCUT2D eigenvalue weighted by Crippen LogP contribution is -2.33. The van der Waals surface area contributed by atoms with Gasteiger partial charge in [0.05, 0.1) is 6.61 Å². The molecule has 1 fully saturated rings. The summed E-state index contributed by atoms with van der Waals surface area (Å²) in [6.45, 7) is 2.55. The van der Waals surface area contributed by atoms with Gasteiger partial charge in [0.25, 0.3) is 0 Å². The summed E-state index contributed by atoms with van der Waals surface area (Å²) >= 11 is 0. The minimum atomic E-state index is -0.862. The lowest BCUT2D eigenvalue weighted by Gasteiger charge is -2.22. The molecule has 16 heavy (non-hydrogen) atoms. The van der Waals surface area contributed by atoms with Gasteiger partial charge in [-0.1, -0.05) is 0 Å². The summed E-state index contributed by atoms with van der Waals surface area (Å²) in [5, 5.41) is 3.28. The Bertz CT molecular complexity index is 351. The molecule has 0 aliphatic carbocycles. The molecule has 88 valence electrons. The van der Waals surface area contributed by atoms with Crippen molar-refractivity contribution < 1.29 is 13.5 Å². The summed E-state index contributed by atoms with van der Waals surface area (Å²) in [7, 11) is 0. The molecule has 4 heteroatoms. The van der Waals surface area contributed by atoms with E-state index in [4.69, 9.17) is 4.74 Å². The zero-order chi connectivity index (χ0) is 11.4. The van der Waals surface area contributed by atoms with Crippen LogP contribution in [0, 0.1) is 17.6 Å². The van der Waals surface area contributed by atoms with Crippen molar-refractivity contribution in [1.82, 2.24) is 5.32 Å². The van der Waals surface area contributed by atoms with Crippen LogP contribution in [0.3, 0.4) is 0 Å². The van der Waals surface area contributed by atoms with Crippen LogP contribution in [0.15, 0.2) is 18.2 Å². The third kappa shape index (κ3) is 2.92. The normalized spacial score (nSPS) is 20.8. The Hall–Kier alpha value is -1.16. The van der Waals surface area contributed by atoms with Crippen LogP contribution in [0.4, 0.5) is 8.78 Å². The molecule has 1 aliphatic rings. The Balaban J connectivity index is 1.86. The van der Waals surface area contributed by atoms with Gasteiger partial charge in [-0.2, -0.15) is 0 Å². The highest BCUT2D eigenvalue weighted by Crippen LogP contribution is 2.17. The van der Waals surface area contributed by atoms with Crippen molar-refractivity contribution >= 4 is 0 Å². The summed E-state index contributed by atoms with van der Waals surface area (Å²) < 4.78 is 31.0. The quantitative estimate of drug-likeness (QED) is 0.855. The summed E-state index contributed by atoms with van der Waals surface area (Å²) in [6, 6.07) is 3.63. The molecule has 1 unspecified atom stereocenters. The largest absolute Gasteiger partial charge is 0.493 e. The van der Waals surface area contributed by atoms with Crippen molar-refractivity contribution in [2.24, 2.45) is 5.92 Å². The van der Waals surface area contributed by atoms with Crippen molar-refractivity contribution in [3.8, 4) is 5.75 Å². The predicted molar refractivity (Wildman–Crippen MR) is 57.4 cm³/mol. The number of nitrogens with one attached hydrogen (secondary N) is 1. The predicted octanol–water partition coefficient (Wildman–Crippen LogP) is 2.34. The molecular formula is C12H15F2NO. The van der Waals surface area contributed by atoms with Gasteiger partial charge in [0, 0.05) is 18.5 Å². The van der Waals surface area contributed by atoms with E-state index in [1.54, 1.807) is 0 Å². The van der Waals surface area contributed by atoms with Crippen LogP contribution >= 0.6 is 0 Å². The number of rotatable bonds is 3. The van der Waals surface area contributed by atoms with E-state index in [0.29, 0.717) is 18.3 Å². The van der Waals surface area contributed by atoms with Gasteiger partial charge >= 0.3 is 0 Å². The summed E-state index contributed by atoms with van der Waals surface area (Å²) in [5.74, 6) is -0.850.